The monoisotopic (exact) mass is 438 g/mol. The summed E-state index contributed by atoms with van der Waals surface area (Å²) in [6.45, 7) is 0.589. The molecule has 0 atom stereocenters. The van der Waals surface area contributed by atoms with E-state index in [0.717, 1.165) is 25.1 Å². The molecule has 3 aromatic rings. The highest BCUT2D eigenvalue weighted by atomic mass is 79.9. The molecule has 3 nitrogen and oxygen atoms in total. The van der Waals surface area contributed by atoms with Gasteiger partial charge in [-0.2, -0.15) is 0 Å². The molecule has 7 heteroatoms. The van der Waals surface area contributed by atoms with E-state index < -0.39 is 0 Å². The Morgan fingerprint density at radius 2 is 2.04 bits per heavy atom. The van der Waals surface area contributed by atoms with E-state index in [-0.39, 0.29) is 5.91 Å². The van der Waals surface area contributed by atoms with Crippen LogP contribution in [0.3, 0.4) is 0 Å². The van der Waals surface area contributed by atoms with Gasteiger partial charge in [-0.15, -0.1) is 22.7 Å². The maximum atomic E-state index is 12.0. The summed E-state index contributed by atoms with van der Waals surface area (Å²) in [6, 6.07) is 12.3. The standard InChI is InChI=1S/C17H15BrN2OS3/c18-13-5-3-12(4-6-13)10-23-17-20-14(11-24-17)8-16(21)19-9-15-2-1-7-22-15/h1-7,11H,8-10H2,(H,19,21). The smallest absolute Gasteiger partial charge is 0.226 e. The van der Waals surface area contributed by atoms with Crippen LogP contribution in [0.15, 0.2) is 56.0 Å². The van der Waals surface area contributed by atoms with Crippen LogP contribution < -0.4 is 5.32 Å². The molecule has 3 rings (SSSR count). The zero-order valence-electron chi connectivity index (χ0n) is 12.7. The first-order valence-corrected chi connectivity index (χ1v) is 10.8. The molecule has 0 bridgehead atoms. The summed E-state index contributed by atoms with van der Waals surface area (Å²) in [5.74, 6) is 0.892. The van der Waals surface area contributed by atoms with E-state index in [0.29, 0.717) is 13.0 Å². The minimum Gasteiger partial charge on any atom is -0.351 e. The number of carbonyl (C=O) groups is 1. The molecule has 24 heavy (non-hydrogen) atoms. The zero-order valence-corrected chi connectivity index (χ0v) is 16.7. The average Bonchev–Trinajstić information content (AvgIpc) is 3.24. The Hall–Kier alpha value is -1.15. The highest BCUT2D eigenvalue weighted by Gasteiger charge is 2.08. The SMILES string of the molecule is O=C(Cc1csc(SCc2ccc(Br)cc2)n1)NCc1cccs1. The Balaban J connectivity index is 1.46. The van der Waals surface area contributed by atoms with Crippen LogP contribution >= 0.6 is 50.4 Å². The fourth-order valence-corrected chi connectivity index (χ4v) is 4.70. The number of amides is 1. The maximum absolute atomic E-state index is 12.0. The summed E-state index contributed by atoms with van der Waals surface area (Å²) < 4.78 is 2.08. The van der Waals surface area contributed by atoms with Crippen molar-refractivity contribution in [2.75, 3.05) is 0 Å². The van der Waals surface area contributed by atoms with Crippen LogP contribution in [0, 0.1) is 0 Å². The first kappa shape index (κ1) is 17.7. The zero-order chi connectivity index (χ0) is 16.8. The summed E-state index contributed by atoms with van der Waals surface area (Å²) >= 11 is 8.38. The van der Waals surface area contributed by atoms with E-state index in [2.05, 4.69) is 38.4 Å². The maximum Gasteiger partial charge on any atom is 0.226 e. The van der Waals surface area contributed by atoms with Gasteiger partial charge in [-0.25, -0.2) is 4.98 Å². The van der Waals surface area contributed by atoms with E-state index in [1.54, 1.807) is 34.4 Å². The number of nitrogens with one attached hydrogen (secondary N) is 1. The van der Waals surface area contributed by atoms with Gasteiger partial charge in [0.15, 0.2) is 0 Å². The van der Waals surface area contributed by atoms with Crippen LogP contribution in [0.1, 0.15) is 16.1 Å². The van der Waals surface area contributed by atoms with Crippen molar-refractivity contribution in [3.8, 4) is 0 Å². The van der Waals surface area contributed by atoms with Crippen molar-refractivity contribution >= 4 is 56.3 Å². The predicted molar refractivity (Wildman–Crippen MR) is 106 cm³/mol. The lowest BCUT2D eigenvalue weighted by molar-refractivity contribution is -0.120. The van der Waals surface area contributed by atoms with E-state index >= 15 is 0 Å². The second kappa shape index (κ2) is 8.80. The number of carbonyl (C=O) groups excluding carboxylic acids is 1. The number of thioether (sulfide) groups is 1. The van der Waals surface area contributed by atoms with Gasteiger partial charge >= 0.3 is 0 Å². The Morgan fingerprint density at radius 3 is 2.79 bits per heavy atom. The fourth-order valence-electron chi connectivity index (χ4n) is 1.99. The summed E-state index contributed by atoms with van der Waals surface area (Å²) in [4.78, 5) is 17.7. The number of rotatable bonds is 7. The molecule has 0 aliphatic heterocycles. The van der Waals surface area contributed by atoms with E-state index in [1.807, 2.05) is 35.0 Å². The lowest BCUT2D eigenvalue weighted by atomic mass is 10.2. The molecule has 0 aliphatic carbocycles. The molecule has 0 unspecified atom stereocenters. The van der Waals surface area contributed by atoms with Gasteiger partial charge in [0.05, 0.1) is 18.7 Å². The molecule has 1 aromatic carbocycles. The second-order valence-electron chi connectivity index (χ2n) is 5.05. The van der Waals surface area contributed by atoms with Gasteiger partial charge in [-0.3, -0.25) is 4.79 Å². The topological polar surface area (TPSA) is 42.0 Å². The molecular formula is C17H15BrN2OS3. The normalized spacial score (nSPS) is 10.7. The van der Waals surface area contributed by atoms with E-state index in [1.165, 1.54) is 5.56 Å². The van der Waals surface area contributed by atoms with Crippen molar-refractivity contribution in [2.45, 2.75) is 23.1 Å². The Morgan fingerprint density at radius 1 is 1.21 bits per heavy atom. The molecule has 0 radical (unpaired) electrons. The minimum absolute atomic E-state index is 0.0122. The third-order valence-corrected chi connectivity index (χ3v) is 6.73. The molecule has 1 amide bonds. The highest BCUT2D eigenvalue weighted by molar-refractivity contribution is 9.10. The summed E-state index contributed by atoms with van der Waals surface area (Å²) in [5.41, 5.74) is 2.09. The highest BCUT2D eigenvalue weighted by Crippen LogP contribution is 2.27. The fraction of sp³-hybridized carbons (Fsp3) is 0.176. The molecule has 0 aliphatic rings. The minimum atomic E-state index is 0.0122. The van der Waals surface area contributed by atoms with Crippen molar-refractivity contribution in [1.29, 1.82) is 0 Å². The summed E-state index contributed by atoms with van der Waals surface area (Å²) in [6.07, 6.45) is 0.334. The number of hydrogen-bond acceptors (Lipinski definition) is 5. The Kier molecular flexibility index (Phi) is 6.48. The lowest BCUT2D eigenvalue weighted by Gasteiger charge is -2.01. The third kappa shape index (κ3) is 5.44. The third-order valence-electron chi connectivity index (χ3n) is 3.19. The average molecular weight is 439 g/mol. The van der Waals surface area contributed by atoms with Gasteiger partial charge in [-0.05, 0) is 29.1 Å². The van der Waals surface area contributed by atoms with Crippen molar-refractivity contribution in [3.05, 3.63) is 67.8 Å². The van der Waals surface area contributed by atoms with Gasteiger partial charge in [0.1, 0.15) is 4.34 Å². The first-order valence-electron chi connectivity index (χ1n) is 7.30. The van der Waals surface area contributed by atoms with Crippen molar-refractivity contribution in [1.82, 2.24) is 10.3 Å². The number of benzene rings is 1. The molecule has 124 valence electrons. The molecule has 0 fully saturated rings. The van der Waals surface area contributed by atoms with Gasteiger partial charge in [0.25, 0.3) is 0 Å². The van der Waals surface area contributed by atoms with E-state index in [9.17, 15) is 4.79 Å². The van der Waals surface area contributed by atoms with Gasteiger partial charge in [0, 0.05) is 20.5 Å². The van der Waals surface area contributed by atoms with Gasteiger partial charge < -0.3 is 5.32 Å². The molecule has 1 N–H and O–H groups in total. The first-order chi connectivity index (χ1) is 11.7. The van der Waals surface area contributed by atoms with Crippen LogP contribution in [0.4, 0.5) is 0 Å². The lowest BCUT2D eigenvalue weighted by Crippen LogP contribution is -2.24. The number of hydrogen-bond donors (Lipinski definition) is 1. The molecular weight excluding hydrogens is 424 g/mol. The van der Waals surface area contributed by atoms with Gasteiger partial charge in [0.2, 0.25) is 5.91 Å². The van der Waals surface area contributed by atoms with Crippen LogP contribution in [0.5, 0.6) is 0 Å². The number of nitrogens with zero attached hydrogens (tertiary/aromatic N) is 1. The summed E-state index contributed by atoms with van der Waals surface area (Å²) in [7, 11) is 0. The molecule has 0 saturated carbocycles. The molecule has 2 heterocycles. The van der Waals surface area contributed by atoms with Gasteiger partial charge in [-0.1, -0.05) is 45.9 Å². The molecule has 2 aromatic heterocycles. The van der Waals surface area contributed by atoms with E-state index in [4.69, 9.17) is 0 Å². The number of halogens is 1. The number of aromatic nitrogens is 1. The summed E-state index contributed by atoms with van der Waals surface area (Å²) in [5, 5.41) is 6.91. The number of thiazole rings is 1. The predicted octanol–water partition coefficient (Wildman–Crippen LogP) is 5.12. The number of thiophene rings is 1. The largest absolute Gasteiger partial charge is 0.351 e. The van der Waals surface area contributed by atoms with Crippen LogP contribution in [-0.2, 0) is 23.5 Å². The van der Waals surface area contributed by atoms with Crippen molar-refractivity contribution in [2.24, 2.45) is 0 Å². The van der Waals surface area contributed by atoms with Crippen LogP contribution in [0.25, 0.3) is 0 Å². The quantitative estimate of drug-likeness (QED) is 0.520. The Labute approximate surface area is 161 Å². The molecule has 0 saturated heterocycles. The van der Waals surface area contributed by atoms with Crippen molar-refractivity contribution < 1.29 is 4.79 Å². The van der Waals surface area contributed by atoms with Crippen LogP contribution in [-0.4, -0.2) is 10.9 Å². The Bertz CT molecular complexity index is 785. The molecule has 0 spiro atoms. The van der Waals surface area contributed by atoms with Crippen LogP contribution in [0.2, 0.25) is 0 Å². The van der Waals surface area contributed by atoms with Crippen molar-refractivity contribution in [3.63, 3.8) is 0 Å². The second-order valence-corrected chi connectivity index (χ2v) is 9.08.